The minimum absolute atomic E-state index is 0.0211. The standard InChI is InChI=1S/C19H21FN4O5/c1-9-8-29-18-15-10(17(25)11(19(26)27)6-24(9)15)5-12(20)16(18)23-4-3-13(21)14(7-23)22-28-2/h5-6,9,13H,3-4,7-8,21H2,1-2H3,(H,26,27)/b22-14+/t9-,13?/m0/s1. The zero-order valence-corrected chi connectivity index (χ0v) is 16.0. The Balaban J connectivity index is 1.95. The fraction of sp³-hybridized carbons (Fsp3) is 0.421. The van der Waals surface area contributed by atoms with Gasteiger partial charge >= 0.3 is 5.97 Å². The molecule has 0 spiro atoms. The Morgan fingerprint density at radius 3 is 2.93 bits per heavy atom. The minimum Gasteiger partial charge on any atom is -0.487 e. The average Bonchev–Trinajstić information content (AvgIpc) is 2.68. The molecule has 1 aromatic heterocycles. The van der Waals surface area contributed by atoms with Crippen LogP contribution in [-0.2, 0) is 4.84 Å². The number of carboxylic acids is 1. The van der Waals surface area contributed by atoms with E-state index in [1.807, 2.05) is 6.92 Å². The number of ether oxygens (including phenoxy) is 1. The first-order chi connectivity index (χ1) is 13.8. The number of piperidine rings is 1. The third-order valence-electron chi connectivity index (χ3n) is 5.39. The van der Waals surface area contributed by atoms with Crippen molar-refractivity contribution in [1.82, 2.24) is 4.57 Å². The maximum atomic E-state index is 15.2. The van der Waals surface area contributed by atoms with Crippen LogP contribution in [-0.4, -0.2) is 54.2 Å². The zero-order valence-electron chi connectivity index (χ0n) is 16.0. The summed E-state index contributed by atoms with van der Waals surface area (Å²) < 4.78 is 22.7. The van der Waals surface area contributed by atoms with Gasteiger partial charge in [0, 0.05) is 18.8 Å². The Morgan fingerprint density at radius 2 is 2.24 bits per heavy atom. The molecule has 1 unspecified atom stereocenters. The molecule has 0 aliphatic carbocycles. The summed E-state index contributed by atoms with van der Waals surface area (Å²) >= 11 is 0. The van der Waals surface area contributed by atoms with Crippen LogP contribution in [0.2, 0.25) is 0 Å². The van der Waals surface area contributed by atoms with E-state index >= 15 is 4.39 Å². The lowest BCUT2D eigenvalue weighted by atomic mass is 10.0. The van der Waals surface area contributed by atoms with Crippen LogP contribution in [0.4, 0.5) is 10.1 Å². The second kappa shape index (κ2) is 7.03. The van der Waals surface area contributed by atoms with Gasteiger partial charge < -0.3 is 29.9 Å². The molecule has 4 rings (SSSR count). The number of anilines is 1. The van der Waals surface area contributed by atoms with E-state index in [2.05, 4.69) is 5.16 Å². The van der Waals surface area contributed by atoms with Crippen molar-refractivity contribution in [2.45, 2.75) is 25.4 Å². The van der Waals surface area contributed by atoms with E-state index in [4.69, 9.17) is 15.3 Å². The molecule has 10 heteroatoms. The number of hydrogen-bond donors (Lipinski definition) is 2. The number of oxime groups is 1. The summed E-state index contributed by atoms with van der Waals surface area (Å²) in [6.45, 7) is 2.77. The van der Waals surface area contributed by atoms with Gasteiger partial charge in [-0.2, -0.15) is 0 Å². The lowest BCUT2D eigenvalue weighted by Crippen LogP contribution is -2.48. The van der Waals surface area contributed by atoms with Crippen molar-refractivity contribution in [3.05, 3.63) is 33.9 Å². The predicted molar refractivity (Wildman–Crippen MR) is 105 cm³/mol. The minimum atomic E-state index is -1.35. The third-order valence-corrected chi connectivity index (χ3v) is 5.39. The highest BCUT2D eigenvalue weighted by Gasteiger charge is 2.32. The number of hydrogen-bond acceptors (Lipinski definition) is 7. The van der Waals surface area contributed by atoms with Crippen LogP contribution in [0.1, 0.15) is 29.7 Å². The average molecular weight is 404 g/mol. The van der Waals surface area contributed by atoms with Gasteiger partial charge in [-0.25, -0.2) is 9.18 Å². The van der Waals surface area contributed by atoms with Crippen LogP contribution in [0.15, 0.2) is 22.2 Å². The first-order valence-corrected chi connectivity index (χ1v) is 9.21. The monoisotopic (exact) mass is 404 g/mol. The molecule has 29 heavy (non-hydrogen) atoms. The van der Waals surface area contributed by atoms with E-state index in [0.29, 0.717) is 24.2 Å². The van der Waals surface area contributed by atoms with Crippen molar-refractivity contribution >= 4 is 28.3 Å². The number of halogens is 1. The van der Waals surface area contributed by atoms with E-state index < -0.39 is 22.8 Å². The summed E-state index contributed by atoms with van der Waals surface area (Å²) in [4.78, 5) is 30.7. The molecular weight excluding hydrogens is 383 g/mol. The maximum absolute atomic E-state index is 15.2. The normalized spacial score (nSPS) is 22.6. The molecule has 0 radical (unpaired) electrons. The molecule has 1 saturated heterocycles. The van der Waals surface area contributed by atoms with Crippen LogP contribution in [0.25, 0.3) is 10.9 Å². The van der Waals surface area contributed by atoms with Gasteiger partial charge in [-0.05, 0) is 19.4 Å². The molecule has 154 valence electrons. The summed E-state index contributed by atoms with van der Waals surface area (Å²) in [7, 11) is 1.42. The van der Waals surface area contributed by atoms with Crippen molar-refractivity contribution < 1.29 is 23.9 Å². The van der Waals surface area contributed by atoms with E-state index in [1.54, 1.807) is 9.47 Å². The van der Waals surface area contributed by atoms with E-state index in [1.165, 1.54) is 13.3 Å². The zero-order chi connectivity index (χ0) is 20.9. The molecule has 3 N–H and O–H groups in total. The second-order valence-corrected chi connectivity index (χ2v) is 7.26. The highest BCUT2D eigenvalue weighted by atomic mass is 19.1. The van der Waals surface area contributed by atoms with E-state index in [0.717, 1.165) is 6.07 Å². The number of nitrogens with two attached hydrogens (primary N) is 1. The lowest BCUT2D eigenvalue weighted by molar-refractivity contribution is 0.0694. The van der Waals surface area contributed by atoms with Crippen LogP contribution in [0, 0.1) is 5.82 Å². The van der Waals surface area contributed by atoms with Gasteiger partial charge in [0.1, 0.15) is 25.0 Å². The number of nitrogens with zero attached hydrogens (tertiary/aromatic N) is 3. The van der Waals surface area contributed by atoms with E-state index in [9.17, 15) is 14.7 Å². The molecule has 0 bridgehead atoms. The van der Waals surface area contributed by atoms with Gasteiger partial charge in [0.05, 0.1) is 29.2 Å². The molecule has 2 aromatic rings. The van der Waals surface area contributed by atoms with Gasteiger partial charge in [0.2, 0.25) is 5.43 Å². The van der Waals surface area contributed by atoms with Crippen molar-refractivity contribution in [3.63, 3.8) is 0 Å². The van der Waals surface area contributed by atoms with Crippen LogP contribution in [0.3, 0.4) is 0 Å². The third kappa shape index (κ3) is 3.00. The van der Waals surface area contributed by atoms with Crippen LogP contribution in [0.5, 0.6) is 5.75 Å². The van der Waals surface area contributed by atoms with Crippen LogP contribution < -0.4 is 20.8 Å². The fourth-order valence-electron chi connectivity index (χ4n) is 3.92. The lowest BCUT2D eigenvalue weighted by Gasteiger charge is -2.36. The van der Waals surface area contributed by atoms with Crippen LogP contribution >= 0.6 is 0 Å². The quantitative estimate of drug-likeness (QED) is 0.741. The number of aromatic carboxylic acids is 1. The summed E-state index contributed by atoms with van der Waals surface area (Å²) in [5, 5.41) is 13.3. The largest absolute Gasteiger partial charge is 0.487 e. The fourth-order valence-corrected chi connectivity index (χ4v) is 3.92. The predicted octanol–water partition coefficient (Wildman–Crippen LogP) is 1.33. The maximum Gasteiger partial charge on any atom is 0.341 e. The summed E-state index contributed by atoms with van der Waals surface area (Å²) in [5.41, 5.74) is 6.09. The number of aromatic nitrogens is 1. The topological polar surface area (TPSA) is 119 Å². The molecule has 0 saturated carbocycles. The Hall–Kier alpha value is -3.14. The van der Waals surface area contributed by atoms with Crippen molar-refractivity contribution in [2.24, 2.45) is 10.9 Å². The van der Waals surface area contributed by atoms with Crippen molar-refractivity contribution in [2.75, 3.05) is 31.7 Å². The molecule has 2 aliphatic rings. The number of carbonyl (C=O) groups is 1. The van der Waals surface area contributed by atoms with Crippen molar-refractivity contribution in [1.29, 1.82) is 0 Å². The van der Waals surface area contributed by atoms with Gasteiger partial charge in [0.15, 0.2) is 11.6 Å². The van der Waals surface area contributed by atoms with Gasteiger partial charge in [-0.1, -0.05) is 5.16 Å². The first-order valence-electron chi connectivity index (χ1n) is 9.21. The number of carboxylic acid groups (broad SMARTS) is 1. The molecule has 1 aromatic carbocycles. The SMILES string of the molecule is CO/N=C1\CN(c2c(F)cc3c(=O)c(C(=O)O)cn4c3c2OC[C@@H]4C)CCC1N. The van der Waals surface area contributed by atoms with Gasteiger partial charge in [0.25, 0.3) is 0 Å². The van der Waals surface area contributed by atoms with Gasteiger partial charge in [-0.15, -0.1) is 0 Å². The molecule has 9 nitrogen and oxygen atoms in total. The molecule has 2 atom stereocenters. The number of benzene rings is 1. The molecule has 0 amide bonds. The summed E-state index contributed by atoms with van der Waals surface area (Å²) in [5.74, 6) is -1.80. The number of rotatable bonds is 3. The molecule has 1 fully saturated rings. The summed E-state index contributed by atoms with van der Waals surface area (Å²) in [6, 6.07) is 0.577. The number of pyridine rings is 1. The first kappa shape index (κ1) is 19.2. The Labute approximate surface area is 165 Å². The Kier molecular flexibility index (Phi) is 4.65. The highest BCUT2D eigenvalue weighted by Crippen LogP contribution is 2.42. The molecular formula is C19H21FN4O5. The summed E-state index contributed by atoms with van der Waals surface area (Å²) in [6.07, 6.45) is 1.84. The highest BCUT2D eigenvalue weighted by molar-refractivity contribution is 5.99. The smallest absolute Gasteiger partial charge is 0.341 e. The van der Waals surface area contributed by atoms with Crippen molar-refractivity contribution in [3.8, 4) is 5.75 Å². The Bertz CT molecular complexity index is 1100. The molecule has 3 heterocycles. The van der Waals surface area contributed by atoms with E-state index in [-0.39, 0.29) is 42.1 Å². The van der Waals surface area contributed by atoms with Gasteiger partial charge in [-0.3, -0.25) is 4.79 Å². The molecule has 2 aliphatic heterocycles. The second-order valence-electron chi connectivity index (χ2n) is 7.26. The Morgan fingerprint density at radius 1 is 1.48 bits per heavy atom.